The van der Waals surface area contributed by atoms with E-state index in [-0.39, 0.29) is 6.61 Å². The summed E-state index contributed by atoms with van der Waals surface area (Å²) in [5, 5.41) is 11.6. The third-order valence-electron chi connectivity index (χ3n) is 5.47. The van der Waals surface area contributed by atoms with Gasteiger partial charge in [0.15, 0.2) is 0 Å². The van der Waals surface area contributed by atoms with Crippen LogP contribution < -0.4 is 0 Å². The normalized spacial score (nSPS) is 12.2. The van der Waals surface area contributed by atoms with Gasteiger partial charge in [-0.05, 0) is 68.6 Å². The summed E-state index contributed by atoms with van der Waals surface area (Å²) < 4.78 is 0. The van der Waals surface area contributed by atoms with Crippen molar-refractivity contribution < 1.29 is 5.11 Å². The second-order valence-corrected chi connectivity index (χ2v) is 7.04. The van der Waals surface area contributed by atoms with E-state index in [1.165, 1.54) is 49.7 Å². The van der Waals surface area contributed by atoms with Crippen LogP contribution in [-0.4, -0.2) is 11.7 Å². The molecule has 26 heavy (non-hydrogen) atoms. The van der Waals surface area contributed by atoms with Crippen LogP contribution >= 0.6 is 0 Å². The molecule has 1 nitrogen and oxygen atoms in total. The Morgan fingerprint density at radius 1 is 0.692 bits per heavy atom. The van der Waals surface area contributed by atoms with Gasteiger partial charge in [-0.1, -0.05) is 72.8 Å². The van der Waals surface area contributed by atoms with Gasteiger partial charge in [0.2, 0.25) is 0 Å². The van der Waals surface area contributed by atoms with E-state index >= 15 is 0 Å². The lowest BCUT2D eigenvalue weighted by molar-refractivity contribution is 0.299. The zero-order valence-electron chi connectivity index (χ0n) is 14.6. The number of benzene rings is 4. The van der Waals surface area contributed by atoms with Crippen LogP contribution in [0.3, 0.4) is 0 Å². The van der Waals surface area contributed by atoms with Crippen molar-refractivity contribution in [2.45, 2.75) is 12.8 Å². The second-order valence-electron chi connectivity index (χ2n) is 7.04. The highest BCUT2D eigenvalue weighted by molar-refractivity contribution is 5.91. The van der Waals surface area contributed by atoms with Gasteiger partial charge in [0.25, 0.3) is 0 Å². The number of fused-ring (bicyclic) bond motifs is 4. The summed E-state index contributed by atoms with van der Waals surface area (Å²) in [5.74, 6) is 0. The molecule has 0 fully saturated rings. The first-order valence-corrected chi connectivity index (χ1v) is 9.17. The Balaban J connectivity index is 1.62. The van der Waals surface area contributed by atoms with Crippen LogP contribution in [0.5, 0.6) is 0 Å². The minimum absolute atomic E-state index is 0.195. The van der Waals surface area contributed by atoms with E-state index in [0.717, 1.165) is 6.42 Å². The zero-order valence-corrected chi connectivity index (χ0v) is 14.6. The predicted molar refractivity (Wildman–Crippen MR) is 108 cm³/mol. The van der Waals surface area contributed by atoms with Crippen LogP contribution in [0, 0.1) is 0 Å². The summed E-state index contributed by atoms with van der Waals surface area (Å²) in [7, 11) is 0. The van der Waals surface area contributed by atoms with Gasteiger partial charge in [-0.15, -0.1) is 0 Å². The van der Waals surface area contributed by atoms with Gasteiger partial charge >= 0.3 is 0 Å². The molecule has 4 aromatic rings. The molecular formula is C25H20O. The van der Waals surface area contributed by atoms with E-state index in [1.807, 2.05) is 0 Å². The van der Waals surface area contributed by atoms with E-state index in [9.17, 15) is 0 Å². The first-order chi connectivity index (χ1) is 12.8. The van der Waals surface area contributed by atoms with Gasteiger partial charge < -0.3 is 5.11 Å². The molecule has 0 aliphatic heterocycles. The molecule has 0 saturated carbocycles. The molecule has 0 spiro atoms. The Morgan fingerprint density at radius 2 is 1.46 bits per heavy atom. The molecule has 0 unspecified atom stereocenters. The van der Waals surface area contributed by atoms with Gasteiger partial charge in [0, 0.05) is 6.61 Å². The number of hydrogen-bond donors (Lipinski definition) is 1. The molecule has 0 heterocycles. The number of rotatable bonds is 3. The van der Waals surface area contributed by atoms with Crippen molar-refractivity contribution in [1.82, 2.24) is 0 Å². The first-order valence-electron chi connectivity index (χ1n) is 9.17. The Labute approximate surface area is 153 Å². The van der Waals surface area contributed by atoms with E-state index < -0.39 is 0 Å². The highest BCUT2D eigenvalue weighted by atomic mass is 16.2. The maximum atomic E-state index is 9.15. The van der Waals surface area contributed by atoms with E-state index in [1.54, 1.807) is 0 Å². The molecule has 1 N–H and O–H groups in total. The third kappa shape index (κ3) is 2.44. The molecule has 1 aliphatic carbocycles. The van der Waals surface area contributed by atoms with Gasteiger partial charge in [-0.3, -0.25) is 0 Å². The van der Waals surface area contributed by atoms with Crippen molar-refractivity contribution in [1.29, 1.82) is 0 Å². The standard InChI is InChI=1S/C25H20O/c26-13-12-17-8-9-19-15-21(11-10-18(19)14-17)23-6-3-7-24-22-5-2-1-4-20(22)16-25(23)24/h1-11,14-15,26H,12-13,16H2. The molecule has 0 amide bonds. The minimum atomic E-state index is 0.195. The van der Waals surface area contributed by atoms with Crippen LogP contribution in [-0.2, 0) is 12.8 Å². The van der Waals surface area contributed by atoms with Crippen LogP contribution in [0.1, 0.15) is 16.7 Å². The maximum absolute atomic E-state index is 9.15. The third-order valence-corrected chi connectivity index (χ3v) is 5.47. The molecule has 0 saturated heterocycles. The monoisotopic (exact) mass is 336 g/mol. The summed E-state index contributed by atoms with van der Waals surface area (Å²) in [6, 6.07) is 28.6. The summed E-state index contributed by atoms with van der Waals surface area (Å²) in [4.78, 5) is 0. The number of aliphatic hydroxyl groups is 1. The fourth-order valence-corrected chi connectivity index (χ4v) is 4.18. The predicted octanol–water partition coefficient (Wildman–Crippen LogP) is 5.61. The summed E-state index contributed by atoms with van der Waals surface area (Å²) in [5.41, 5.74) is 9.39. The van der Waals surface area contributed by atoms with E-state index in [2.05, 4.69) is 78.9 Å². The molecule has 0 radical (unpaired) electrons. The summed E-state index contributed by atoms with van der Waals surface area (Å²) in [6.07, 6.45) is 1.72. The first kappa shape index (κ1) is 15.4. The molecule has 0 aromatic heterocycles. The lowest BCUT2D eigenvalue weighted by Crippen LogP contribution is -1.91. The lowest BCUT2D eigenvalue weighted by atomic mass is 9.93. The molecule has 0 bridgehead atoms. The minimum Gasteiger partial charge on any atom is -0.396 e. The van der Waals surface area contributed by atoms with Crippen molar-refractivity contribution in [3.8, 4) is 22.3 Å². The van der Waals surface area contributed by atoms with E-state index in [4.69, 9.17) is 5.11 Å². The van der Waals surface area contributed by atoms with Crippen LogP contribution in [0.25, 0.3) is 33.0 Å². The van der Waals surface area contributed by atoms with Gasteiger partial charge in [0.1, 0.15) is 0 Å². The molecule has 1 heteroatoms. The van der Waals surface area contributed by atoms with E-state index in [0.29, 0.717) is 6.42 Å². The van der Waals surface area contributed by atoms with Gasteiger partial charge in [-0.25, -0.2) is 0 Å². The Bertz CT molecular complexity index is 1120. The fraction of sp³-hybridized carbons (Fsp3) is 0.120. The zero-order chi connectivity index (χ0) is 17.5. The largest absolute Gasteiger partial charge is 0.396 e. The van der Waals surface area contributed by atoms with Gasteiger partial charge in [0.05, 0.1) is 0 Å². The Hall–Kier alpha value is -2.90. The summed E-state index contributed by atoms with van der Waals surface area (Å²) >= 11 is 0. The molecule has 5 rings (SSSR count). The van der Waals surface area contributed by atoms with Crippen molar-refractivity contribution in [3.05, 3.63) is 95.6 Å². The van der Waals surface area contributed by atoms with Gasteiger partial charge in [-0.2, -0.15) is 0 Å². The smallest absolute Gasteiger partial charge is 0.0471 e. The summed E-state index contributed by atoms with van der Waals surface area (Å²) in [6.45, 7) is 0.195. The van der Waals surface area contributed by atoms with Crippen molar-refractivity contribution in [2.24, 2.45) is 0 Å². The quantitative estimate of drug-likeness (QED) is 0.454. The van der Waals surface area contributed by atoms with Crippen molar-refractivity contribution in [2.75, 3.05) is 6.61 Å². The van der Waals surface area contributed by atoms with Crippen LogP contribution in [0.4, 0.5) is 0 Å². The highest BCUT2D eigenvalue weighted by Gasteiger charge is 2.20. The van der Waals surface area contributed by atoms with Crippen molar-refractivity contribution in [3.63, 3.8) is 0 Å². The molecule has 1 aliphatic rings. The Morgan fingerprint density at radius 3 is 2.38 bits per heavy atom. The lowest BCUT2D eigenvalue weighted by Gasteiger charge is -2.11. The topological polar surface area (TPSA) is 20.2 Å². The fourth-order valence-electron chi connectivity index (χ4n) is 4.18. The second kappa shape index (κ2) is 6.12. The molecular weight excluding hydrogens is 316 g/mol. The van der Waals surface area contributed by atoms with Crippen LogP contribution in [0.2, 0.25) is 0 Å². The molecule has 4 aromatic carbocycles. The average molecular weight is 336 g/mol. The number of aliphatic hydroxyl groups excluding tert-OH is 1. The van der Waals surface area contributed by atoms with Crippen molar-refractivity contribution >= 4 is 10.8 Å². The van der Waals surface area contributed by atoms with Crippen LogP contribution in [0.15, 0.2) is 78.9 Å². The Kier molecular flexibility index (Phi) is 3.62. The SMILES string of the molecule is OCCc1ccc2cc(-c3cccc4c3Cc3ccccc3-4)ccc2c1. The molecule has 0 atom stereocenters. The average Bonchev–Trinajstić information content (AvgIpc) is 3.07. The number of hydrogen-bond acceptors (Lipinski definition) is 1. The maximum Gasteiger partial charge on any atom is 0.0471 e. The molecule has 126 valence electrons. The highest BCUT2D eigenvalue weighted by Crippen LogP contribution is 2.41.